The Morgan fingerprint density at radius 3 is 2.63 bits per heavy atom. The lowest BCUT2D eigenvalue weighted by molar-refractivity contribution is -0.128. The number of hydrogen-bond donors (Lipinski definition) is 1. The molecule has 0 saturated carbocycles. The van der Waals surface area contributed by atoms with Gasteiger partial charge in [-0.1, -0.05) is 50.7 Å². The number of ketones is 1. The number of para-hydroxylation sites is 1. The second kappa shape index (κ2) is 9.68. The van der Waals surface area contributed by atoms with E-state index >= 15 is 0 Å². The first kappa shape index (κ1) is 22.4. The van der Waals surface area contributed by atoms with E-state index in [9.17, 15) is 9.59 Å². The van der Waals surface area contributed by atoms with Gasteiger partial charge in [-0.15, -0.1) is 11.3 Å². The quantitative estimate of drug-likeness (QED) is 0.314. The summed E-state index contributed by atoms with van der Waals surface area (Å²) in [5.41, 5.74) is 0.400. The van der Waals surface area contributed by atoms with Crippen LogP contribution in [-0.2, 0) is 22.7 Å². The fraction of sp³-hybridized carbons (Fsp3) is 0.364. The lowest BCUT2D eigenvalue weighted by atomic mass is 9.96. The van der Waals surface area contributed by atoms with Gasteiger partial charge >= 0.3 is 0 Å². The molecule has 2 aromatic heterocycles. The van der Waals surface area contributed by atoms with E-state index in [2.05, 4.69) is 15.3 Å². The highest BCUT2D eigenvalue weighted by molar-refractivity contribution is 8.00. The van der Waals surface area contributed by atoms with Crippen molar-refractivity contribution in [3.8, 4) is 0 Å². The van der Waals surface area contributed by atoms with Gasteiger partial charge in [0.1, 0.15) is 11.6 Å². The zero-order valence-electron chi connectivity index (χ0n) is 17.5. The van der Waals surface area contributed by atoms with Crippen LogP contribution in [0.3, 0.4) is 0 Å². The number of hydrogen-bond acceptors (Lipinski definition) is 7. The number of thiophene rings is 1. The summed E-state index contributed by atoms with van der Waals surface area (Å²) in [6.07, 6.45) is 0. The first-order valence-electron chi connectivity index (χ1n) is 9.55. The number of carbonyl (C=O) groups is 2. The van der Waals surface area contributed by atoms with Gasteiger partial charge in [-0.25, -0.2) is 9.97 Å². The lowest BCUT2D eigenvalue weighted by Gasteiger charge is -2.17. The number of nitrogens with one attached hydrogen (secondary N) is 1. The summed E-state index contributed by atoms with van der Waals surface area (Å²) in [4.78, 5) is 35.4. The molecule has 1 amide bonds. The van der Waals surface area contributed by atoms with Crippen molar-refractivity contribution in [3.05, 3.63) is 52.0 Å². The molecule has 1 aromatic carbocycles. The highest BCUT2D eigenvalue weighted by Crippen LogP contribution is 2.27. The molecule has 0 atom stereocenters. The molecule has 0 saturated heterocycles. The fourth-order valence-electron chi connectivity index (χ4n) is 2.66. The number of rotatable bonds is 8. The van der Waals surface area contributed by atoms with Crippen LogP contribution in [-0.4, -0.2) is 34.5 Å². The Hall–Kier alpha value is -2.29. The Balaban J connectivity index is 1.66. The van der Waals surface area contributed by atoms with Crippen molar-refractivity contribution >= 4 is 45.7 Å². The third-order valence-electron chi connectivity index (χ3n) is 4.27. The van der Waals surface area contributed by atoms with Crippen molar-refractivity contribution in [3.63, 3.8) is 0 Å². The first-order chi connectivity index (χ1) is 14.3. The molecule has 8 heteroatoms. The van der Waals surface area contributed by atoms with Gasteiger partial charge in [-0.2, -0.15) is 0 Å². The molecule has 1 N–H and O–H groups in total. The molecule has 30 heavy (non-hydrogen) atoms. The van der Waals surface area contributed by atoms with Crippen molar-refractivity contribution in [2.24, 2.45) is 5.41 Å². The molecule has 0 radical (unpaired) electrons. The third kappa shape index (κ3) is 5.65. The van der Waals surface area contributed by atoms with E-state index in [1.165, 1.54) is 23.1 Å². The van der Waals surface area contributed by atoms with Crippen LogP contribution in [0.4, 0.5) is 0 Å². The zero-order valence-corrected chi connectivity index (χ0v) is 19.2. The van der Waals surface area contributed by atoms with Gasteiger partial charge in [-0.05, 0) is 18.2 Å². The molecule has 3 aromatic rings. The van der Waals surface area contributed by atoms with Crippen molar-refractivity contribution in [1.82, 2.24) is 15.3 Å². The molecule has 0 bridgehead atoms. The normalized spacial score (nSPS) is 11.6. The zero-order chi connectivity index (χ0) is 21.7. The fourth-order valence-corrected chi connectivity index (χ4v) is 4.56. The predicted molar refractivity (Wildman–Crippen MR) is 121 cm³/mol. The number of nitrogens with zero attached hydrogens (tertiary/aromatic N) is 2. The molecule has 2 heterocycles. The molecule has 0 spiro atoms. The van der Waals surface area contributed by atoms with E-state index in [0.29, 0.717) is 23.9 Å². The van der Waals surface area contributed by atoms with Gasteiger partial charge in [0, 0.05) is 22.8 Å². The average Bonchev–Trinajstić information content (AvgIpc) is 3.18. The van der Waals surface area contributed by atoms with E-state index in [4.69, 9.17) is 4.74 Å². The maximum absolute atomic E-state index is 12.7. The number of amides is 1. The van der Waals surface area contributed by atoms with Crippen LogP contribution < -0.4 is 5.32 Å². The van der Waals surface area contributed by atoms with Crippen LogP contribution in [0, 0.1) is 5.41 Å². The summed E-state index contributed by atoms with van der Waals surface area (Å²) < 4.78 is 5.16. The van der Waals surface area contributed by atoms with E-state index in [1.807, 2.05) is 57.2 Å². The van der Waals surface area contributed by atoms with Crippen LogP contribution >= 0.6 is 23.1 Å². The second-order valence-corrected chi connectivity index (χ2v) is 9.94. The summed E-state index contributed by atoms with van der Waals surface area (Å²) in [6, 6.07) is 11.5. The van der Waals surface area contributed by atoms with E-state index in [1.54, 1.807) is 7.11 Å². The molecule has 3 rings (SSSR count). The minimum absolute atomic E-state index is 0.0122. The van der Waals surface area contributed by atoms with Crippen LogP contribution in [0.1, 0.15) is 41.1 Å². The lowest BCUT2D eigenvalue weighted by Crippen LogP contribution is -2.34. The third-order valence-corrected chi connectivity index (χ3v) is 6.39. The monoisotopic (exact) mass is 443 g/mol. The van der Waals surface area contributed by atoms with Crippen molar-refractivity contribution in [2.75, 3.05) is 12.9 Å². The molecular weight excluding hydrogens is 418 g/mol. The number of ether oxygens (including phenoxy) is 1. The van der Waals surface area contributed by atoms with Crippen LogP contribution in [0.2, 0.25) is 0 Å². The Labute approximate surface area is 184 Å². The van der Waals surface area contributed by atoms with Gasteiger partial charge in [0.15, 0.2) is 11.6 Å². The maximum atomic E-state index is 12.7. The molecule has 0 fully saturated rings. The van der Waals surface area contributed by atoms with Crippen LogP contribution in [0.15, 0.2) is 41.4 Å². The van der Waals surface area contributed by atoms with Gasteiger partial charge in [0.05, 0.1) is 22.7 Å². The molecular formula is C22H25N3O3S2. The topological polar surface area (TPSA) is 81.2 Å². The van der Waals surface area contributed by atoms with E-state index in [0.717, 1.165) is 20.8 Å². The molecule has 0 aliphatic rings. The summed E-state index contributed by atoms with van der Waals surface area (Å²) in [6.45, 7) is 6.37. The first-order valence-corrected chi connectivity index (χ1v) is 11.4. The Bertz CT molecular complexity index is 1060. The molecule has 0 aliphatic heterocycles. The number of aromatic nitrogens is 2. The predicted octanol–water partition coefficient (Wildman–Crippen LogP) is 4.48. The number of Topliss-reactive ketones (excluding diaryl/α,β-unsaturated/α-hetero) is 1. The largest absolute Gasteiger partial charge is 0.377 e. The van der Waals surface area contributed by atoms with E-state index < -0.39 is 5.41 Å². The second-order valence-electron chi connectivity index (χ2n) is 7.81. The van der Waals surface area contributed by atoms with E-state index in [-0.39, 0.29) is 17.4 Å². The number of thioether (sulfide) groups is 1. The van der Waals surface area contributed by atoms with Crippen molar-refractivity contribution in [2.45, 2.75) is 38.9 Å². The van der Waals surface area contributed by atoms with Crippen molar-refractivity contribution in [1.29, 1.82) is 0 Å². The molecule has 0 aliphatic carbocycles. The van der Waals surface area contributed by atoms with Crippen LogP contribution in [0.5, 0.6) is 0 Å². The minimum Gasteiger partial charge on any atom is -0.377 e. The number of benzene rings is 1. The van der Waals surface area contributed by atoms with Gasteiger partial charge < -0.3 is 10.1 Å². The Kier molecular flexibility index (Phi) is 7.23. The number of methoxy groups -OCH3 is 1. The summed E-state index contributed by atoms with van der Waals surface area (Å²) in [5, 5.41) is 4.61. The van der Waals surface area contributed by atoms with Crippen LogP contribution in [0.25, 0.3) is 10.9 Å². The summed E-state index contributed by atoms with van der Waals surface area (Å²) in [5.74, 6) is 0.900. The van der Waals surface area contributed by atoms with Crippen molar-refractivity contribution < 1.29 is 14.3 Å². The SMILES string of the molecule is COCc1nc(SCC(=O)c2ccc(CNC(=O)C(C)(C)C)s2)c2ccccc2n1. The summed E-state index contributed by atoms with van der Waals surface area (Å²) >= 11 is 2.82. The number of carbonyl (C=O) groups excluding carboxylic acids is 2. The summed E-state index contributed by atoms with van der Waals surface area (Å²) in [7, 11) is 1.60. The van der Waals surface area contributed by atoms with Gasteiger partial charge in [-0.3, -0.25) is 9.59 Å². The van der Waals surface area contributed by atoms with Gasteiger partial charge in [0.25, 0.3) is 0 Å². The molecule has 0 unspecified atom stereocenters. The molecule has 6 nitrogen and oxygen atoms in total. The maximum Gasteiger partial charge on any atom is 0.225 e. The number of fused-ring (bicyclic) bond motifs is 1. The van der Waals surface area contributed by atoms with Gasteiger partial charge in [0.2, 0.25) is 5.91 Å². The smallest absolute Gasteiger partial charge is 0.225 e. The highest BCUT2D eigenvalue weighted by Gasteiger charge is 2.21. The minimum atomic E-state index is -0.436. The highest BCUT2D eigenvalue weighted by atomic mass is 32.2. The molecule has 158 valence electrons. The average molecular weight is 444 g/mol. The standard InChI is InChI=1S/C22H25N3O3S2/c1-22(2,3)21(27)23-11-14-9-10-18(30-14)17(26)13-29-20-15-7-5-6-8-16(15)24-19(25-20)12-28-4/h5-10H,11-13H2,1-4H3,(H,23,27). The Morgan fingerprint density at radius 1 is 1.13 bits per heavy atom. The Morgan fingerprint density at radius 2 is 1.90 bits per heavy atom.